The molecule has 1 aromatic carbocycles. The maximum absolute atomic E-state index is 12.2. The van der Waals surface area contributed by atoms with Crippen molar-refractivity contribution in [2.24, 2.45) is 0 Å². The van der Waals surface area contributed by atoms with E-state index in [0.717, 1.165) is 12.0 Å². The van der Waals surface area contributed by atoms with E-state index in [1.165, 1.54) is 0 Å². The fourth-order valence-electron chi connectivity index (χ4n) is 2.39. The lowest BCUT2D eigenvalue weighted by atomic mass is 9.74. The zero-order valence-electron chi connectivity index (χ0n) is 10.7. The molecule has 1 aliphatic carbocycles. The Kier molecular flexibility index (Phi) is 3.80. The van der Waals surface area contributed by atoms with Gasteiger partial charge in [-0.3, -0.25) is 9.59 Å². The Morgan fingerprint density at radius 2 is 2.11 bits per heavy atom. The van der Waals surface area contributed by atoms with E-state index in [1.807, 2.05) is 6.92 Å². The first-order valence-corrected chi connectivity index (χ1v) is 6.60. The molecule has 2 rings (SSSR count). The molecule has 1 fully saturated rings. The highest BCUT2D eigenvalue weighted by molar-refractivity contribution is 6.31. The second-order valence-corrected chi connectivity index (χ2v) is 5.55. The molecule has 102 valence electrons. The number of benzene rings is 1. The average molecular weight is 282 g/mol. The van der Waals surface area contributed by atoms with Crippen LogP contribution in [0.3, 0.4) is 0 Å². The zero-order chi connectivity index (χ0) is 14.0. The smallest absolute Gasteiger partial charge is 0.305 e. The van der Waals surface area contributed by atoms with Gasteiger partial charge in [0, 0.05) is 10.6 Å². The quantitative estimate of drug-likeness (QED) is 0.892. The molecule has 19 heavy (non-hydrogen) atoms. The molecule has 1 aromatic rings. The Labute approximate surface area is 116 Å². The minimum Gasteiger partial charge on any atom is -0.481 e. The van der Waals surface area contributed by atoms with Gasteiger partial charge in [-0.1, -0.05) is 17.7 Å². The van der Waals surface area contributed by atoms with Crippen molar-refractivity contribution in [1.82, 2.24) is 5.32 Å². The minimum absolute atomic E-state index is 0.0294. The van der Waals surface area contributed by atoms with Crippen LogP contribution in [0.15, 0.2) is 18.2 Å². The van der Waals surface area contributed by atoms with E-state index in [-0.39, 0.29) is 12.3 Å². The van der Waals surface area contributed by atoms with Crippen molar-refractivity contribution in [3.63, 3.8) is 0 Å². The number of hydrogen-bond acceptors (Lipinski definition) is 2. The summed E-state index contributed by atoms with van der Waals surface area (Å²) in [6.45, 7) is 1.83. The highest BCUT2D eigenvalue weighted by Crippen LogP contribution is 2.35. The fraction of sp³-hybridized carbons (Fsp3) is 0.429. The minimum atomic E-state index is -0.886. The molecule has 0 bridgehead atoms. The molecule has 0 heterocycles. The lowest BCUT2D eigenvalue weighted by molar-refractivity contribution is -0.139. The first-order chi connectivity index (χ1) is 8.92. The van der Waals surface area contributed by atoms with Crippen LogP contribution < -0.4 is 5.32 Å². The van der Waals surface area contributed by atoms with Crippen molar-refractivity contribution in [3.05, 3.63) is 34.3 Å². The molecule has 0 saturated heterocycles. The number of nitrogens with one attached hydrogen (secondary N) is 1. The third-order valence-electron chi connectivity index (χ3n) is 3.62. The molecule has 0 aromatic heterocycles. The second-order valence-electron chi connectivity index (χ2n) is 5.12. The first kappa shape index (κ1) is 13.9. The summed E-state index contributed by atoms with van der Waals surface area (Å²) in [5.41, 5.74) is 0.744. The number of hydrogen-bond donors (Lipinski definition) is 2. The summed E-state index contributed by atoms with van der Waals surface area (Å²) in [5.74, 6) is -1.14. The Morgan fingerprint density at radius 1 is 1.42 bits per heavy atom. The lowest BCUT2D eigenvalue weighted by Crippen LogP contribution is -2.54. The van der Waals surface area contributed by atoms with Gasteiger partial charge in [-0.05, 0) is 43.9 Å². The van der Waals surface area contributed by atoms with Gasteiger partial charge < -0.3 is 10.4 Å². The fourth-order valence-corrected chi connectivity index (χ4v) is 2.56. The van der Waals surface area contributed by atoms with Crippen molar-refractivity contribution in [3.8, 4) is 0 Å². The van der Waals surface area contributed by atoms with Crippen molar-refractivity contribution >= 4 is 23.5 Å². The summed E-state index contributed by atoms with van der Waals surface area (Å²) in [7, 11) is 0. The second kappa shape index (κ2) is 5.21. The number of amides is 1. The van der Waals surface area contributed by atoms with Gasteiger partial charge >= 0.3 is 5.97 Å². The van der Waals surface area contributed by atoms with Gasteiger partial charge in [0.05, 0.1) is 12.0 Å². The summed E-state index contributed by atoms with van der Waals surface area (Å²) in [5, 5.41) is 12.3. The summed E-state index contributed by atoms with van der Waals surface area (Å²) in [4.78, 5) is 23.1. The zero-order valence-corrected chi connectivity index (χ0v) is 11.5. The van der Waals surface area contributed by atoms with Crippen LogP contribution in [-0.2, 0) is 4.79 Å². The third-order valence-corrected chi connectivity index (χ3v) is 3.86. The Balaban J connectivity index is 2.16. The van der Waals surface area contributed by atoms with Crippen molar-refractivity contribution < 1.29 is 14.7 Å². The van der Waals surface area contributed by atoms with Crippen LogP contribution >= 0.6 is 11.6 Å². The summed E-state index contributed by atoms with van der Waals surface area (Å²) < 4.78 is 0. The van der Waals surface area contributed by atoms with Crippen LogP contribution in [0.4, 0.5) is 0 Å². The van der Waals surface area contributed by atoms with Crippen LogP contribution in [0.2, 0.25) is 5.02 Å². The van der Waals surface area contributed by atoms with Crippen LogP contribution in [0, 0.1) is 6.92 Å². The number of aryl methyl sites for hydroxylation is 1. The maximum Gasteiger partial charge on any atom is 0.305 e. The van der Waals surface area contributed by atoms with Gasteiger partial charge in [0.25, 0.3) is 5.91 Å². The molecule has 2 N–H and O–H groups in total. The van der Waals surface area contributed by atoms with Crippen LogP contribution in [0.25, 0.3) is 0 Å². The van der Waals surface area contributed by atoms with Gasteiger partial charge in [0.1, 0.15) is 0 Å². The number of halogens is 1. The van der Waals surface area contributed by atoms with E-state index in [2.05, 4.69) is 5.32 Å². The SMILES string of the molecule is Cc1ccc(Cl)cc1C(=O)NC1(CC(=O)O)CCC1. The van der Waals surface area contributed by atoms with Crippen molar-refractivity contribution in [1.29, 1.82) is 0 Å². The molecule has 0 atom stereocenters. The monoisotopic (exact) mass is 281 g/mol. The molecule has 0 aliphatic heterocycles. The molecule has 5 heteroatoms. The van der Waals surface area contributed by atoms with Gasteiger partial charge in [-0.25, -0.2) is 0 Å². The van der Waals surface area contributed by atoms with Gasteiger partial charge in [0.2, 0.25) is 0 Å². The van der Waals surface area contributed by atoms with Crippen molar-refractivity contribution in [2.45, 2.75) is 38.1 Å². The Bertz CT molecular complexity index is 523. The van der Waals surface area contributed by atoms with E-state index in [1.54, 1.807) is 18.2 Å². The highest BCUT2D eigenvalue weighted by Gasteiger charge is 2.40. The molecular formula is C14H16ClNO3. The van der Waals surface area contributed by atoms with E-state index in [0.29, 0.717) is 23.4 Å². The molecule has 0 unspecified atom stereocenters. The van der Waals surface area contributed by atoms with Gasteiger partial charge in [0.15, 0.2) is 0 Å². The van der Waals surface area contributed by atoms with Crippen LogP contribution in [-0.4, -0.2) is 22.5 Å². The summed E-state index contributed by atoms with van der Waals surface area (Å²) in [6, 6.07) is 5.12. The van der Waals surface area contributed by atoms with Crippen LogP contribution in [0.5, 0.6) is 0 Å². The molecule has 0 radical (unpaired) electrons. The number of carbonyl (C=O) groups excluding carboxylic acids is 1. The van der Waals surface area contributed by atoms with Gasteiger partial charge in [-0.2, -0.15) is 0 Å². The van der Waals surface area contributed by atoms with E-state index >= 15 is 0 Å². The third kappa shape index (κ3) is 3.07. The van der Waals surface area contributed by atoms with Crippen LogP contribution in [0.1, 0.15) is 41.6 Å². The van der Waals surface area contributed by atoms with Gasteiger partial charge in [-0.15, -0.1) is 0 Å². The first-order valence-electron chi connectivity index (χ1n) is 6.22. The highest BCUT2D eigenvalue weighted by atomic mass is 35.5. The lowest BCUT2D eigenvalue weighted by Gasteiger charge is -2.41. The topological polar surface area (TPSA) is 66.4 Å². The number of carboxylic acids is 1. The average Bonchev–Trinajstić information content (AvgIpc) is 2.28. The summed E-state index contributed by atoms with van der Waals surface area (Å²) >= 11 is 5.89. The largest absolute Gasteiger partial charge is 0.481 e. The Hall–Kier alpha value is -1.55. The molecule has 0 spiro atoms. The number of carboxylic acid groups (broad SMARTS) is 1. The molecule has 1 amide bonds. The maximum atomic E-state index is 12.2. The van der Waals surface area contributed by atoms with Crippen molar-refractivity contribution in [2.75, 3.05) is 0 Å². The molecule has 1 aliphatic rings. The predicted octanol–water partition coefficient (Wildman–Crippen LogP) is 2.78. The number of rotatable bonds is 4. The summed E-state index contributed by atoms with van der Waals surface area (Å²) in [6.07, 6.45) is 2.34. The number of aliphatic carboxylic acids is 1. The molecular weight excluding hydrogens is 266 g/mol. The predicted molar refractivity (Wildman–Crippen MR) is 72.5 cm³/mol. The molecule has 4 nitrogen and oxygen atoms in total. The van der Waals surface area contributed by atoms with E-state index in [9.17, 15) is 9.59 Å². The number of carbonyl (C=O) groups is 2. The normalized spacial score (nSPS) is 16.5. The van der Waals surface area contributed by atoms with E-state index in [4.69, 9.17) is 16.7 Å². The Morgan fingerprint density at radius 3 is 2.63 bits per heavy atom. The standard InChI is InChI=1S/C14H16ClNO3/c1-9-3-4-10(15)7-11(9)13(19)16-14(5-2-6-14)8-12(17)18/h3-4,7H,2,5-6,8H2,1H3,(H,16,19)(H,17,18). The van der Waals surface area contributed by atoms with E-state index < -0.39 is 11.5 Å². The molecule has 1 saturated carbocycles.